The molecule has 4 aromatic carbocycles. The van der Waals surface area contributed by atoms with Gasteiger partial charge < -0.3 is 25.6 Å². The van der Waals surface area contributed by atoms with Gasteiger partial charge in [0.25, 0.3) is 17.3 Å². The molecule has 63 heavy (non-hydrogen) atoms. The lowest BCUT2D eigenvalue weighted by molar-refractivity contribution is -0.385. The first-order chi connectivity index (χ1) is 29.3. The van der Waals surface area contributed by atoms with Crippen LogP contribution in [0, 0.1) is 43.5 Å². The molecule has 2 heterocycles. The normalized spacial score (nSPS) is 16.4. The maximum Gasteiger partial charge on any atom is 0.339 e. The Morgan fingerprint density at radius 3 is 1.52 bits per heavy atom. The number of benzene rings is 4. The Morgan fingerprint density at radius 1 is 0.698 bits per heavy atom. The van der Waals surface area contributed by atoms with Crippen LogP contribution in [0.2, 0.25) is 0 Å². The van der Waals surface area contributed by atoms with Crippen LogP contribution in [0.4, 0.5) is 40.3 Å². The number of carbonyl (C=O) groups excluding carboxylic acids is 1. The number of hydrogen-bond acceptors (Lipinski definition) is 11. The van der Waals surface area contributed by atoms with E-state index in [0.29, 0.717) is 24.0 Å². The number of carboxylic acid groups (broad SMARTS) is 1. The molecule has 0 aliphatic carbocycles. The maximum absolute atomic E-state index is 13.5. The van der Waals surface area contributed by atoms with E-state index in [1.54, 1.807) is 41.5 Å². The molecule has 0 unspecified atom stereocenters. The Labute approximate surface area is 363 Å². The number of nitrogens with two attached hydrogens (primary N) is 1. The first kappa shape index (κ1) is 49.6. The standard InChI is InChI=1S/C20H21F2N3O5S.C14H18N2O6S.C6H5F2N/c1-20(2,3)31(29)24-17-6-7-30-18-13(17)9-12(25(27)28)10-14(18)19(26)23-11-4-5-15(21)16(22)8-11;1-14(2,3)23(21)15-11-4-5-22-12-9(11)6-8(16(19)20)7-10(12)13(17)18;7-5-2-1-4(9)3-6(5)8/h4-5,8-10,17,24H,6-7H2,1-3H3,(H,23,26);6-7,11,15H,4-5H2,1-3H3,(H,17,18);1-3H,9H2/t17-,31-;11-,23-;/m00./s1. The van der Waals surface area contributed by atoms with Gasteiger partial charge in [-0.15, -0.1) is 0 Å². The lowest BCUT2D eigenvalue weighted by atomic mass is 9.97. The van der Waals surface area contributed by atoms with E-state index in [9.17, 15) is 60.9 Å². The summed E-state index contributed by atoms with van der Waals surface area (Å²) in [7, 11) is -2.87. The molecule has 4 atom stereocenters. The highest BCUT2D eigenvalue weighted by molar-refractivity contribution is 7.84. The highest BCUT2D eigenvalue weighted by Gasteiger charge is 2.34. The van der Waals surface area contributed by atoms with Crippen molar-refractivity contribution in [2.24, 2.45) is 0 Å². The van der Waals surface area contributed by atoms with Crippen molar-refractivity contribution in [2.45, 2.75) is 76.0 Å². The number of non-ortho nitro benzene ring substituents is 2. The Bertz CT molecular complexity index is 2470. The van der Waals surface area contributed by atoms with Crippen LogP contribution in [-0.2, 0) is 22.0 Å². The molecule has 1 amide bonds. The number of carboxylic acids is 1. The molecule has 0 saturated carbocycles. The number of hydrogen-bond donors (Lipinski definition) is 5. The number of nitro groups is 2. The van der Waals surface area contributed by atoms with Gasteiger partial charge in [-0.05, 0) is 71.9 Å². The minimum Gasteiger partial charge on any atom is -0.492 e. The average Bonchev–Trinajstić information content (AvgIpc) is 3.19. The van der Waals surface area contributed by atoms with Crippen molar-refractivity contribution in [1.82, 2.24) is 9.44 Å². The number of nitrogen functional groups attached to an aromatic ring is 1. The predicted octanol–water partition coefficient (Wildman–Crippen LogP) is 7.72. The van der Waals surface area contributed by atoms with Gasteiger partial charge in [-0.25, -0.2) is 40.2 Å². The fourth-order valence-corrected chi connectivity index (χ4v) is 7.37. The molecule has 6 rings (SSSR count). The Balaban J connectivity index is 0.000000237. The Hall–Kier alpha value is -6.04. The molecule has 4 aromatic rings. The molecule has 0 radical (unpaired) electrons. The molecule has 17 nitrogen and oxygen atoms in total. The zero-order valence-electron chi connectivity index (χ0n) is 34.6. The van der Waals surface area contributed by atoms with E-state index in [2.05, 4.69) is 14.8 Å². The van der Waals surface area contributed by atoms with Crippen molar-refractivity contribution in [1.29, 1.82) is 0 Å². The second-order valence-electron chi connectivity index (χ2n) is 15.8. The molecule has 2 aliphatic rings. The van der Waals surface area contributed by atoms with E-state index in [1.165, 1.54) is 18.2 Å². The summed E-state index contributed by atoms with van der Waals surface area (Å²) in [6.07, 6.45) is 0.829. The molecular formula is C40H44F4N6O11S2. The van der Waals surface area contributed by atoms with Gasteiger partial charge in [0.15, 0.2) is 23.3 Å². The van der Waals surface area contributed by atoms with Crippen molar-refractivity contribution >= 4 is 56.6 Å². The minimum absolute atomic E-state index is 0.0246. The van der Waals surface area contributed by atoms with E-state index in [4.69, 9.17) is 15.2 Å². The predicted molar refractivity (Wildman–Crippen MR) is 226 cm³/mol. The first-order valence-electron chi connectivity index (χ1n) is 18.7. The fourth-order valence-electron chi connectivity index (χ4n) is 5.66. The van der Waals surface area contributed by atoms with Gasteiger partial charge in [0.05, 0.1) is 72.2 Å². The van der Waals surface area contributed by atoms with Gasteiger partial charge in [-0.1, -0.05) is 0 Å². The number of halogens is 4. The third kappa shape index (κ3) is 13.0. The van der Waals surface area contributed by atoms with E-state index in [-0.39, 0.29) is 58.6 Å². The van der Waals surface area contributed by atoms with E-state index in [1.807, 2.05) is 0 Å². The number of anilines is 2. The number of nitrogens with zero attached hydrogens (tertiary/aromatic N) is 2. The Morgan fingerprint density at radius 2 is 1.13 bits per heavy atom. The zero-order chi connectivity index (χ0) is 47.1. The lowest BCUT2D eigenvalue weighted by Crippen LogP contribution is -2.37. The minimum atomic E-state index is -1.47. The summed E-state index contributed by atoms with van der Waals surface area (Å²) < 4.78 is 91.5. The van der Waals surface area contributed by atoms with Crippen molar-refractivity contribution in [3.63, 3.8) is 0 Å². The van der Waals surface area contributed by atoms with E-state index < -0.39 is 88.5 Å². The van der Waals surface area contributed by atoms with Crippen LogP contribution in [0.25, 0.3) is 0 Å². The van der Waals surface area contributed by atoms with Gasteiger partial charge in [-0.2, -0.15) is 0 Å². The molecule has 0 bridgehead atoms. The second kappa shape index (κ2) is 20.4. The number of amides is 1. The van der Waals surface area contributed by atoms with Gasteiger partial charge >= 0.3 is 5.97 Å². The highest BCUT2D eigenvalue weighted by Crippen LogP contribution is 2.40. The highest BCUT2D eigenvalue weighted by atomic mass is 32.2. The summed E-state index contributed by atoms with van der Waals surface area (Å²) in [5, 5.41) is 34.1. The van der Waals surface area contributed by atoms with Crippen LogP contribution in [0.15, 0.2) is 60.7 Å². The van der Waals surface area contributed by atoms with Crippen LogP contribution in [0.5, 0.6) is 11.5 Å². The second-order valence-corrected chi connectivity index (χ2v) is 19.8. The largest absolute Gasteiger partial charge is 0.492 e. The maximum atomic E-state index is 13.5. The van der Waals surface area contributed by atoms with Gasteiger partial charge in [0.2, 0.25) is 0 Å². The van der Waals surface area contributed by atoms with Crippen molar-refractivity contribution in [2.75, 3.05) is 24.3 Å². The van der Waals surface area contributed by atoms with Gasteiger partial charge in [-0.3, -0.25) is 25.0 Å². The van der Waals surface area contributed by atoms with Crippen LogP contribution in [-0.4, -0.2) is 58.0 Å². The molecule has 23 heteroatoms. The van der Waals surface area contributed by atoms with Crippen LogP contribution in [0.1, 0.15) is 98.3 Å². The first-order valence-corrected chi connectivity index (χ1v) is 21.0. The number of rotatable bonds is 9. The number of carbonyl (C=O) groups is 2. The molecular weight excluding hydrogens is 881 g/mol. The quantitative estimate of drug-likeness (QED) is 0.0468. The fraction of sp³-hybridized carbons (Fsp3) is 0.350. The third-order valence-corrected chi connectivity index (χ3v) is 12.1. The number of nitrogens with one attached hydrogen (secondary N) is 3. The number of ether oxygens (including phenoxy) is 2. The number of fused-ring (bicyclic) bond motifs is 2. The molecule has 0 fully saturated rings. The van der Waals surface area contributed by atoms with E-state index in [0.717, 1.165) is 42.5 Å². The summed E-state index contributed by atoms with van der Waals surface area (Å²) in [5.41, 5.74) is 4.92. The molecule has 340 valence electrons. The third-order valence-electron chi connectivity index (χ3n) is 8.89. The van der Waals surface area contributed by atoms with Gasteiger partial charge in [0.1, 0.15) is 17.1 Å². The molecule has 0 saturated heterocycles. The summed E-state index contributed by atoms with van der Waals surface area (Å²) in [5.74, 6) is -5.89. The molecule has 0 aromatic heterocycles. The average molecular weight is 925 g/mol. The zero-order valence-corrected chi connectivity index (χ0v) is 36.2. The Kier molecular flexibility index (Phi) is 16.1. The molecule has 6 N–H and O–H groups in total. The van der Waals surface area contributed by atoms with Crippen LogP contribution < -0.4 is 30.0 Å². The van der Waals surface area contributed by atoms with Crippen molar-refractivity contribution in [3.8, 4) is 11.5 Å². The summed E-state index contributed by atoms with van der Waals surface area (Å²) in [6.45, 7) is 11.2. The van der Waals surface area contributed by atoms with Crippen LogP contribution in [0.3, 0.4) is 0 Å². The summed E-state index contributed by atoms with van der Waals surface area (Å²) in [6, 6.07) is 9.62. The molecule has 0 spiro atoms. The topological polar surface area (TPSA) is 255 Å². The number of nitro benzene ring substituents is 2. The molecule has 2 aliphatic heterocycles. The van der Waals surface area contributed by atoms with Crippen molar-refractivity contribution in [3.05, 3.63) is 126 Å². The summed E-state index contributed by atoms with van der Waals surface area (Å²) in [4.78, 5) is 45.4. The smallest absolute Gasteiger partial charge is 0.339 e. The van der Waals surface area contributed by atoms with E-state index >= 15 is 0 Å². The van der Waals surface area contributed by atoms with Crippen LogP contribution >= 0.6 is 0 Å². The lowest BCUT2D eigenvalue weighted by Gasteiger charge is -2.30. The number of aromatic carboxylic acids is 1. The SMILES string of the molecule is CC(C)(C)[S@](=O)N[C@H]1CCOc2c(C(=O)Nc3ccc(F)c(F)c3)cc([N+](=O)[O-])cc21.CC(C)(C)[S@](=O)N[C@H]1CCOc2c(C(=O)O)cc([N+](=O)[O-])cc21.Nc1ccc(F)c(F)c1. The van der Waals surface area contributed by atoms with Crippen molar-refractivity contribution < 1.29 is 60.0 Å². The summed E-state index contributed by atoms with van der Waals surface area (Å²) >= 11 is 0. The van der Waals surface area contributed by atoms with Gasteiger partial charge in [0, 0.05) is 65.7 Å². The monoisotopic (exact) mass is 924 g/mol.